The first-order chi connectivity index (χ1) is 7.69. The molecule has 88 valence electrons. The Morgan fingerprint density at radius 2 is 2.19 bits per heavy atom. The third-order valence-corrected chi connectivity index (χ3v) is 4.30. The maximum atomic E-state index is 12.1. The third-order valence-electron chi connectivity index (χ3n) is 3.63. The smallest absolute Gasteiger partial charge is 0.223 e. The zero-order valence-corrected chi connectivity index (χ0v) is 10.5. The van der Waals surface area contributed by atoms with E-state index < -0.39 is 0 Å². The summed E-state index contributed by atoms with van der Waals surface area (Å²) in [6.07, 6.45) is 10.8. The van der Waals surface area contributed by atoms with Gasteiger partial charge in [-0.1, -0.05) is 5.92 Å². The van der Waals surface area contributed by atoms with Gasteiger partial charge in [-0.15, -0.1) is 6.42 Å². The maximum Gasteiger partial charge on any atom is 0.223 e. The van der Waals surface area contributed by atoms with Crippen LogP contribution in [0.2, 0.25) is 0 Å². The fraction of sp³-hybridized carbons (Fsp3) is 0.769. The minimum absolute atomic E-state index is 0.205. The number of terminal acetylenes is 1. The molecule has 0 aromatic heterocycles. The quantitative estimate of drug-likeness (QED) is 0.553. The van der Waals surface area contributed by atoms with Crippen LogP contribution in [0, 0.1) is 23.7 Å². The lowest BCUT2D eigenvalue weighted by Crippen LogP contribution is -2.35. The predicted molar refractivity (Wildman–Crippen MR) is 68.3 cm³/mol. The molecule has 0 aromatic rings. The molecule has 0 aromatic carbocycles. The van der Waals surface area contributed by atoms with Crippen LogP contribution in [0.5, 0.6) is 0 Å². The number of nitrogens with zero attached hydrogens (tertiary/aromatic N) is 1. The topological polar surface area (TPSA) is 20.3 Å². The average Bonchev–Trinajstić information content (AvgIpc) is 3.13. The van der Waals surface area contributed by atoms with E-state index in [1.807, 2.05) is 4.90 Å². The van der Waals surface area contributed by atoms with Crippen LogP contribution >= 0.6 is 12.6 Å². The molecule has 2 aliphatic rings. The molecule has 1 amide bonds. The van der Waals surface area contributed by atoms with Crippen LogP contribution in [0.4, 0.5) is 0 Å². The molecular formula is C13H19NOS. The minimum Gasteiger partial charge on any atom is -0.331 e. The molecule has 0 atom stereocenters. The molecule has 2 fully saturated rings. The summed E-state index contributed by atoms with van der Waals surface area (Å²) >= 11 is 4.33. The Balaban J connectivity index is 1.86. The number of thiol groups is 1. The van der Waals surface area contributed by atoms with Crippen LogP contribution in [0.3, 0.4) is 0 Å². The number of hydrogen-bond donors (Lipinski definition) is 1. The van der Waals surface area contributed by atoms with Gasteiger partial charge in [-0.25, -0.2) is 0 Å². The summed E-state index contributed by atoms with van der Waals surface area (Å²) in [4.78, 5) is 14.0. The van der Waals surface area contributed by atoms with Gasteiger partial charge in [0.2, 0.25) is 5.91 Å². The summed E-state index contributed by atoms with van der Waals surface area (Å²) in [7, 11) is 0. The van der Waals surface area contributed by atoms with E-state index in [2.05, 4.69) is 18.5 Å². The second-order valence-corrected chi connectivity index (χ2v) is 5.57. The summed E-state index contributed by atoms with van der Waals surface area (Å²) in [5.41, 5.74) is 0.205. The Kier molecular flexibility index (Phi) is 3.49. The van der Waals surface area contributed by atoms with Crippen molar-refractivity contribution in [2.75, 3.05) is 18.8 Å². The summed E-state index contributed by atoms with van der Waals surface area (Å²) in [5, 5.41) is 0. The van der Waals surface area contributed by atoms with E-state index >= 15 is 0 Å². The van der Waals surface area contributed by atoms with Gasteiger partial charge in [0.1, 0.15) is 0 Å². The number of carbonyl (C=O) groups excluding carboxylic acids is 1. The molecule has 0 N–H and O–H groups in total. The average molecular weight is 237 g/mol. The lowest BCUT2D eigenvalue weighted by molar-refractivity contribution is -0.131. The first kappa shape index (κ1) is 11.9. The van der Waals surface area contributed by atoms with E-state index in [-0.39, 0.29) is 11.3 Å². The van der Waals surface area contributed by atoms with E-state index in [4.69, 9.17) is 6.42 Å². The van der Waals surface area contributed by atoms with Crippen molar-refractivity contribution in [1.29, 1.82) is 0 Å². The first-order valence-electron chi connectivity index (χ1n) is 6.01. The van der Waals surface area contributed by atoms with E-state index in [1.54, 1.807) is 0 Å². The van der Waals surface area contributed by atoms with Gasteiger partial charge in [0, 0.05) is 13.0 Å². The van der Waals surface area contributed by atoms with Crippen LogP contribution < -0.4 is 0 Å². The SMILES string of the molecule is C#CCN(CC1CC1)C(=O)CC1(CS)CC1. The van der Waals surface area contributed by atoms with Gasteiger partial charge >= 0.3 is 0 Å². The molecule has 2 nitrogen and oxygen atoms in total. The second kappa shape index (κ2) is 4.71. The molecule has 0 spiro atoms. The van der Waals surface area contributed by atoms with Gasteiger partial charge in [-0.3, -0.25) is 4.79 Å². The highest BCUT2D eigenvalue weighted by atomic mass is 32.1. The van der Waals surface area contributed by atoms with Crippen molar-refractivity contribution in [3.05, 3.63) is 0 Å². The van der Waals surface area contributed by atoms with E-state index in [0.29, 0.717) is 18.9 Å². The van der Waals surface area contributed by atoms with Crippen molar-refractivity contribution in [1.82, 2.24) is 4.90 Å². The van der Waals surface area contributed by atoms with Crippen molar-refractivity contribution in [3.63, 3.8) is 0 Å². The van der Waals surface area contributed by atoms with Crippen molar-refractivity contribution in [3.8, 4) is 12.3 Å². The van der Waals surface area contributed by atoms with Crippen LogP contribution in [0.15, 0.2) is 0 Å². The lowest BCUT2D eigenvalue weighted by atomic mass is 10.0. The van der Waals surface area contributed by atoms with Gasteiger partial charge in [0.15, 0.2) is 0 Å². The molecule has 3 heteroatoms. The highest BCUT2D eigenvalue weighted by molar-refractivity contribution is 7.80. The Bertz CT molecular complexity index is 312. The van der Waals surface area contributed by atoms with Crippen LogP contribution in [-0.2, 0) is 4.79 Å². The number of rotatable bonds is 6. The molecule has 2 saturated carbocycles. The Hall–Kier alpha value is -0.620. The fourth-order valence-corrected chi connectivity index (χ4v) is 2.41. The standard InChI is InChI=1S/C13H19NOS/c1-2-7-14(9-11-3-4-11)12(15)8-13(10-16)5-6-13/h1,11,16H,3-10H2. The van der Waals surface area contributed by atoms with Gasteiger partial charge in [-0.05, 0) is 42.8 Å². The zero-order valence-electron chi connectivity index (χ0n) is 9.61. The predicted octanol–water partition coefficient (Wildman–Crippen LogP) is 1.96. The molecule has 2 aliphatic carbocycles. The molecule has 2 rings (SSSR count). The molecule has 0 aliphatic heterocycles. The Morgan fingerprint density at radius 3 is 2.62 bits per heavy atom. The van der Waals surface area contributed by atoms with Gasteiger partial charge in [0.25, 0.3) is 0 Å². The second-order valence-electron chi connectivity index (χ2n) is 5.26. The highest BCUT2D eigenvalue weighted by Gasteiger charge is 2.44. The molecule has 0 saturated heterocycles. The molecule has 0 heterocycles. The van der Waals surface area contributed by atoms with E-state index in [0.717, 1.165) is 25.1 Å². The van der Waals surface area contributed by atoms with Crippen LogP contribution in [0.25, 0.3) is 0 Å². The number of amides is 1. The Morgan fingerprint density at radius 1 is 1.50 bits per heavy atom. The summed E-state index contributed by atoms with van der Waals surface area (Å²) in [5.74, 6) is 4.36. The molecule has 0 radical (unpaired) electrons. The van der Waals surface area contributed by atoms with Gasteiger partial charge in [0.05, 0.1) is 6.54 Å². The monoisotopic (exact) mass is 237 g/mol. The number of hydrogen-bond acceptors (Lipinski definition) is 2. The largest absolute Gasteiger partial charge is 0.331 e. The minimum atomic E-state index is 0.205. The summed E-state index contributed by atoms with van der Waals surface area (Å²) in [6, 6.07) is 0. The Labute approximate surface area is 103 Å². The zero-order chi connectivity index (χ0) is 11.6. The van der Waals surface area contributed by atoms with E-state index in [9.17, 15) is 4.79 Å². The highest BCUT2D eigenvalue weighted by Crippen LogP contribution is 2.49. The molecule has 0 bridgehead atoms. The molecular weight excluding hydrogens is 218 g/mol. The third kappa shape index (κ3) is 2.95. The lowest BCUT2D eigenvalue weighted by Gasteiger charge is -2.22. The summed E-state index contributed by atoms with van der Waals surface area (Å²) < 4.78 is 0. The van der Waals surface area contributed by atoms with Crippen LogP contribution in [0.1, 0.15) is 32.1 Å². The number of carbonyl (C=O) groups is 1. The van der Waals surface area contributed by atoms with Crippen molar-refractivity contribution < 1.29 is 4.79 Å². The molecule has 0 unspecified atom stereocenters. The fourth-order valence-electron chi connectivity index (χ4n) is 1.98. The first-order valence-corrected chi connectivity index (χ1v) is 6.64. The maximum absolute atomic E-state index is 12.1. The van der Waals surface area contributed by atoms with Crippen LogP contribution in [-0.4, -0.2) is 29.6 Å². The van der Waals surface area contributed by atoms with Crippen molar-refractivity contribution in [2.24, 2.45) is 11.3 Å². The van der Waals surface area contributed by atoms with Crippen molar-refractivity contribution >= 4 is 18.5 Å². The van der Waals surface area contributed by atoms with E-state index in [1.165, 1.54) is 12.8 Å². The van der Waals surface area contributed by atoms with Gasteiger partial charge in [-0.2, -0.15) is 12.6 Å². The normalized spacial score (nSPS) is 21.2. The van der Waals surface area contributed by atoms with Gasteiger partial charge < -0.3 is 4.90 Å². The van der Waals surface area contributed by atoms with Crippen molar-refractivity contribution in [2.45, 2.75) is 32.1 Å². The molecule has 16 heavy (non-hydrogen) atoms. The summed E-state index contributed by atoms with van der Waals surface area (Å²) in [6.45, 7) is 1.34.